The van der Waals surface area contributed by atoms with Crippen LogP contribution in [0.25, 0.3) is 11.0 Å². The van der Waals surface area contributed by atoms with E-state index in [2.05, 4.69) is 16.5 Å². The molecule has 0 bridgehead atoms. The Labute approximate surface area is 249 Å². The van der Waals surface area contributed by atoms with Crippen molar-refractivity contribution in [2.75, 3.05) is 18.0 Å². The minimum atomic E-state index is -0.111. The summed E-state index contributed by atoms with van der Waals surface area (Å²) < 4.78 is 2.34. The number of carbonyl (C=O) groups is 1. The third kappa shape index (κ3) is 8.26. The van der Waals surface area contributed by atoms with E-state index in [-0.39, 0.29) is 11.7 Å². The fourth-order valence-electron chi connectivity index (χ4n) is 5.41. The molecule has 42 heavy (non-hydrogen) atoms. The molecule has 0 fully saturated rings. The number of anilines is 1. The monoisotopic (exact) mass is 567 g/mol. The summed E-state index contributed by atoms with van der Waals surface area (Å²) >= 11 is 0. The minimum Gasteiger partial charge on any atom is -0.384 e. The van der Waals surface area contributed by atoms with Crippen molar-refractivity contribution in [3.05, 3.63) is 89.5 Å². The molecular weight excluding hydrogens is 522 g/mol. The van der Waals surface area contributed by atoms with Crippen LogP contribution >= 0.6 is 0 Å². The van der Waals surface area contributed by atoms with E-state index in [0.717, 1.165) is 53.9 Å². The van der Waals surface area contributed by atoms with Crippen LogP contribution in [0.3, 0.4) is 0 Å². The zero-order valence-electron chi connectivity index (χ0n) is 24.9. The third-order valence-electron chi connectivity index (χ3n) is 7.77. The number of nitrogens with one attached hydrogen (secondary N) is 1. The number of unbranched alkanes of at least 4 members (excludes halogenated alkanes) is 7. The highest BCUT2D eigenvalue weighted by Crippen LogP contribution is 2.23. The van der Waals surface area contributed by atoms with Crippen molar-refractivity contribution in [2.45, 2.75) is 77.7 Å². The molecular formula is C34H45N7O. The molecule has 8 heteroatoms. The predicted octanol–water partition coefficient (Wildman–Crippen LogP) is 6.25. The Hall–Kier alpha value is -4.04. The number of fused-ring (bicyclic) bond motifs is 1. The summed E-state index contributed by atoms with van der Waals surface area (Å²) in [6, 6.07) is 17.4. The smallest absolute Gasteiger partial charge is 0.258 e. The zero-order chi connectivity index (χ0) is 29.7. The second-order valence-electron chi connectivity index (χ2n) is 10.9. The summed E-state index contributed by atoms with van der Waals surface area (Å²) in [5.74, 6) is 0.993. The summed E-state index contributed by atoms with van der Waals surface area (Å²) in [6.07, 6.45) is 15.1. The highest BCUT2D eigenvalue weighted by Gasteiger charge is 2.19. The van der Waals surface area contributed by atoms with Crippen molar-refractivity contribution in [1.82, 2.24) is 14.5 Å². The molecule has 4 aromatic rings. The van der Waals surface area contributed by atoms with E-state index in [0.29, 0.717) is 18.7 Å². The van der Waals surface area contributed by atoms with Gasteiger partial charge in [0.25, 0.3) is 5.91 Å². The van der Waals surface area contributed by atoms with Gasteiger partial charge in [0.2, 0.25) is 0 Å². The standard InChI is InChI=1S/C34H45N7O/c1-2-3-4-5-6-7-8-9-22-41-31-18-17-28(34(42)40(23-20-35)29-11-10-21-38-25-29)24-30(31)39-32(41)19-14-26-12-15-27(16-13-26)33(36)37/h10-13,15-18,21,24-25H,2-9,14,19-20,22-23,35H2,1H3,(H3,36,37). The molecule has 0 saturated heterocycles. The number of nitrogens with two attached hydrogens (primary N) is 2. The number of amides is 1. The third-order valence-corrected chi connectivity index (χ3v) is 7.77. The maximum atomic E-state index is 13.6. The lowest BCUT2D eigenvalue weighted by molar-refractivity contribution is 0.0987. The molecule has 1 amide bonds. The number of imidazole rings is 1. The number of carbonyl (C=O) groups excluding carboxylic acids is 1. The lowest BCUT2D eigenvalue weighted by atomic mass is 10.1. The topological polar surface area (TPSA) is 127 Å². The molecule has 0 aliphatic rings. The lowest BCUT2D eigenvalue weighted by Crippen LogP contribution is -2.35. The number of aryl methyl sites for hydroxylation is 3. The van der Waals surface area contributed by atoms with E-state index in [1.165, 1.54) is 50.5 Å². The van der Waals surface area contributed by atoms with Gasteiger partial charge in [-0.3, -0.25) is 15.2 Å². The Morgan fingerprint density at radius 1 is 0.929 bits per heavy atom. The predicted molar refractivity (Wildman–Crippen MR) is 172 cm³/mol. The van der Waals surface area contributed by atoms with Crippen LogP contribution in [0.15, 0.2) is 67.0 Å². The van der Waals surface area contributed by atoms with Crippen molar-refractivity contribution in [3.63, 3.8) is 0 Å². The first kappa shape index (κ1) is 30.9. The van der Waals surface area contributed by atoms with Gasteiger partial charge in [-0.05, 0) is 48.7 Å². The van der Waals surface area contributed by atoms with Crippen LogP contribution in [0.4, 0.5) is 5.69 Å². The fraction of sp³-hybridized carbons (Fsp3) is 0.412. The first-order valence-electron chi connectivity index (χ1n) is 15.4. The van der Waals surface area contributed by atoms with E-state index in [1.807, 2.05) is 54.6 Å². The van der Waals surface area contributed by atoms with Gasteiger partial charge in [-0.15, -0.1) is 0 Å². The number of benzene rings is 2. The molecule has 5 N–H and O–H groups in total. The number of rotatable bonds is 17. The van der Waals surface area contributed by atoms with Gasteiger partial charge < -0.3 is 20.9 Å². The second-order valence-corrected chi connectivity index (χ2v) is 10.9. The van der Waals surface area contributed by atoms with Crippen molar-refractivity contribution in [3.8, 4) is 0 Å². The van der Waals surface area contributed by atoms with Gasteiger partial charge >= 0.3 is 0 Å². The van der Waals surface area contributed by atoms with E-state index in [1.54, 1.807) is 17.3 Å². The summed E-state index contributed by atoms with van der Waals surface area (Å²) in [5.41, 5.74) is 16.6. The Morgan fingerprint density at radius 3 is 2.31 bits per heavy atom. The quantitative estimate of drug-likeness (QED) is 0.0790. The number of aromatic nitrogens is 3. The largest absolute Gasteiger partial charge is 0.384 e. The molecule has 222 valence electrons. The molecule has 0 spiro atoms. The van der Waals surface area contributed by atoms with E-state index in [4.69, 9.17) is 21.9 Å². The van der Waals surface area contributed by atoms with Crippen LogP contribution in [0.1, 0.15) is 85.6 Å². The molecule has 2 aromatic carbocycles. The molecule has 0 unspecified atom stereocenters. The number of nitrogen functional groups attached to an aromatic ring is 1. The van der Waals surface area contributed by atoms with Gasteiger partial charge in [0.15, 0.2) is 0 Å². The fourth-order valence-corrected chi connectivity index (χ4v) is 5.41. The summed E-state index contributed by atoms with van der Waals surface area (Å²) in [6.45, 7) is 3.92. The number of pyridine rings is 1. The first-order chi connectivity index (χ1) is 20.5. The molecule has 4 rings (SSSR count). The number of hydrogen-bond acceptors (Lipinski definition) is 5. The van der Waals surface area contributed by atoms with Gasteiger partial charge in [0, 0.05) is 43.4 Å². The van der Waals surface area contributed by atoms with Crippen LogP contribution in [-0.2, 0) is 19.4 Å². The van der Waals surface area contributed by atoms with E-state index < -0.39 is 0 Å². The maximum absolute atomic E-state index is 13.6. The Bertz CT molecular complexity index is 1430. The molecule has 8 nitrogen and oxygen atoms in total. The molecule has 0 saturated carbocycles. The van der Waals surface area contributed by atoms with E-state index >= 15 is 0 Å². The average Bonchev–Trinajstić information content (AvgIpc) is 3.36. The highest BCUT2D eigenvalue weighted by atomic mass is 16.2. The van der Waals surface area contributed by atoms with Crippen LogP contribution in [0.2, 0.25) is 0 Å². The summed E-state index contributed by atoms with van der Waals surface area (Å²) in [7, 11) is 0. The Balaban J connectivity index is 1.53. The van der Waals surface area contributed by atoms with E-state index in [9.17, 15) is 4.79 Å². The molecule has 2 aromatic heterocycles. The van der Waals surface area contributed by atoms with Crippen molar-refractivity contribution in [2.24, 2.45) is 11.5 Å². The van der Waals surface area contributed by atoms with Gasteiger partial charge in [-0.25, -0.2) is 4.98 Å². The molecule has 0 atom stereocenters. The van der Waals surface area contributed by atoms with Crippen LogP contribution in [-0.4, -0.2) is 39.4 Å². The van der Waals surface area contributed by atoms with Crippen molar-refractivity contribution in [1.29, 1.82) is 5.41 Å². The normalized spacial score (nSPS) is 11.2. The average molecular weight is 568 g/mol. The van der Waals surface area contributed by atoms with Crippen molar-refractivity contribution < 1.29 is 4.79 Å². The van der Waals surface area contributed by atoms with Crippen LogP contribution in [0, 0.1) is 5.41 Å². The summed E-state index contributed by atoms with van der Waals surface area (Å²) in [5, 5.41) is 7.64. The van der Waals surface area contributed by atoms with Crippen molar-refractivity contribution >= 4 is 28.5 Å². The van der Waals surface area contributed by atoms with Crippen LogP contribution in [0.5, 0.6) is 0 Å². The number of hydrogen-bond donors (Lipinski definition) is 3. The number of amidine groups is 1. The minimum absolute atomic E-state index is 0.0765. The highest BCUT2D eigenvalue weighted by molar-refractivity contribution is 6.07. The first-order valence-corrected chi connectivity index (χ1v) is 15.4. The Morgan fingerprint density at radius 2 is 1.64 bits per heavy atom. The molecule has 0 aliphatic heterocycles. The summed E-state index contributed by atoms with van der Waals surface area (Å²) in [4.78, 5) is 24.5. The SMILES string of the molecule is CCCCCCCCCCn1c(CCc2ccc(C(=N)N)cc2)nc2cc(C(=O)N(CCN)c3cccnc3)ccc21. The Kier molecular flexibility index (Phi) is 11.6. The van der Waals surface area contributed by atoms with Gasteiger partial charge in [-0.1, -0.05) is 76.1 Å². The molecule has 2 heterocycles. The number of nitrogens with zero attached hydrogens (tertiary/aromatic N) is 4. The van der Waals surface area contributed by atoms with Gasteiger partial charge in [0.05, 0.1) is 22.9 Å². The second kappa shape index (κ2) is 15.8. The lowest BCUT2D eigenvalue weighted by Gasteiger charge is -2.21. The van der Waals surface area contributed by atoms with Gasteiger partial charge in [-0.2, -0.15) is 0 Å². The van der Waals surface area contributed by atoms with Crippen LogP contribution < -0.4 is 16.4 Å². The maximum Gasteiger partial charge on any atom is 0.258 e. The van der Waals surface area contributed by atoms with Gasteiger partial charge in [0.1, 0.15) is 11.7 Å². The molecule has 0 radical (unpaired) electrons. The zero-order valence-corrected chi connectivity index (χ0v) is 24.9. The molecule has 0 aliphatic carbocycles.